The van der Waals surface area contributed by atoms with Gasteiger partial charge in [-0.05, 0) is 31.9 Å². The molecular formula is C28H36F3N5O2S2. The molecule has 2 heterocycles. The lowest BCUT2D eigenvalue weighted by atomic mass is 10.0. The Morgan fingerprint density at radius 1 is 1.00 bits per heavy atom. The highest BCUT2D eigenvalue weighted by Crippen LogP contribution is 2.38. The summed E-state index contributed by atoms with van der Waals surface area (Å²) in [4.78, 5) is 18.6. The Kier molecular flexibility index (Phi) is 10.8. The highest BCUT2D eigenvalue weighted by molar-refractivity contribution is 7.80. The largest absolute Gasteiger partial charge is 0.423 e. The number of aryl methyl sites for hydroxylation is 1. The number of rotatable bonds is 7. The number of nitrogens with zero attached hydrogens (tertiary/aromatic N) is 4. The summed E-state index contributed by atoms with van der Waals surface area (Å²) < 4.78 is 39.9. The number of hydrogen-bond donors (Lipinski definition) is 1. The molecule has 0 bridgehead atoms. The summed E-state index contributed by atoms with van der Waals surface area (Å²) in [5, 5.41) is 14.1. The Labute approximate surface area is 244 Å². The Morgan fingerprint density at radius 2 is 1.62 bits per heavy atom. The molecule has 0 atom stereocenters. The smallest absolute Gasteiger partial charge is 0.382 e. The molecule has 0 saturated carbocycles. The highest BCUT2D eigenvalue weighted by atomic mass is 32.1. The van der Waals surface area contributed by atoms with Crippen molar-refractivity contribution in [1.82, 2.24) is 14.7 Å². The van der Waals surface area contributed by atoms with Crippen LogP contribution in [0.25, 0.3) is 0 Å². The number of halogens is 3. The number of hydrogen-bond acceptors (Lipinski definition) is 6. The zero-order valence-corrected chi connectivity index (χ0v) is 23.4. The van der Waals surface area contributed by atoms with Crippen LogP contribution in [-0.2, 0) is 6.18 Å². The second kappa shape index (κ2) is 13.7. The number of benzene rings is 2. The van der Waals surface area contributed by atoms with E-state index in [1.165, 1.54) is 11.6 Å². The van der Waals surface area contributed by atoms with Gasteiger partial charge in [0.2, 0.25) is 0 Å². The second-order valence-electron chi connectivity index (χ2n) is 10.0. The first kappa shape index (κ1) is 31.7. The maximum atomic E-state index is 13.3. The molecule has 40 heavy (non-hydrogen) atoms. The standard InChI is InChI=1S/C27H32F3N5O2S2.CH4/c1-19-2-4-20(5-3-19)26(39)34-16-14-32(15-17-34)11-10-25(38)33-12-8-21(9-13-33)31-22-6-7-24(35(36)37)23(18-22)27(28,29)30;/h2-7,18,21,31H,8-17H2,1H3;1H4. The van der Waals surface area contributed by atoms with E-state index in [2.05, 4.69) is 51.2 Å². The number of piperazine rings is 1. The molecule has 1 N–H and O–H groups in total. The first-order valence-electron chi connectivity index (χ1n) is 13.0. The minimum absolute atomic E-state index is 0. The normalized spacial score (nSPS) is 16.8. The molecule has 218 valence electrons. The average molecular weight is 596 g/mol. The number of thiocarbonyl (C=S) groups is 2. The molecule has 2 saturated heterocycles. The van der Waals surface area contributed by atoms with Gasteiger partial charge in [-0.1, -0.05) is 61.7 Å². The van der Waals surface area contributed by atoms with Crippen LogP contribution in [0.15, 0.2) is 42.5 Å². The van der Waals surface area contributed by atoms with Crippen molar-refractivity contribution in [1.29, 1.82) is 0 Å². The fraction of sp³-hybridized carbons (Fsp3) is 0.500. The van der Waals surface area contributed by atoms with E-state index in [9.17, 15) is 23.3 Å². The van der Waals surface area contributed by atoms with Crippen LogP contribution in [0.1, 0.15) is 43.4 Å². The van der Waals surface area contributed by atoms with Gasteiger partial charge in [0.05, 0.1) is 9.91 Å². The monoisotopic (exact) mass is 595 g/mol. The molecule has 12 heteroatoms. The molecule has 4 rings (SSSR count). The van der Waals surface area contributed by atoms with Gasteiger partial charge in [-0.3, -0.25) is 15.0 Å². The van der Waals surface area contributed by atoms with Crippen molar-refractivity contribution in [2.24, 2.45) is 0 Å². The van der Waals surface area contributed by atoms with Crippen molar-refractivity contribution in [3.8, 4) is 0 Å². The van der Waals surface area contributed by atoms with E-state index in [1.807, 2.05) is 0 Å². The van der Waals surface area contributed by atoms with Gasteiger partial charge in [0, 0.05) is 75.6 Å². The van der Waals surface area contributed by atoms with Gasteiger partial charge in [-0.2, -0.15) is 13.2 Å². The average Bonchev–Trinajstić information content (AvgIpc) is 2.92. The highest BCUT2D eigenvalue weighted by Gasteiger charge is 2.38. The number of nitro benzene ring substituents is 1. The molecule has 2 fully saturated rings. The molecule has 0 aromatic heterocycles. The Bertz CT molecular complexity index is 1190. The van der Waals surface area contributed by atoms with Crippen molar-refractivity contribution in [2.75, 3.05) is 51.1 Å². The lowest BCUT2D eigenvalue weighted by molar-refractivity contribution is -0.388. The van der Waals surface area contributed by atoms with E-state index >= 15 is 0 Å². The van der Waals surface area contributed by atoms with E-state index in [4.69, 9.17) is 24.4 Å². The maximum Gasteiger partial charge on any atom is 0.423 e. The first-order chi connectivity index (χ1) is 18.5. The SMILES string of the molecule is C.Cc1ccc(C(=S)N2CCN(CCC(=S)N3CCC(Nc4ccc([N+](=O)[O-])c(C(F)(F)F)c4)CC3)CC2)cc1. The lowest BCUT2D eigenvalue weighted by Crippen LogP contribution is -2.49. The van der Waals surface area contributed by atoms with Crippen molar-refractivity contribution in [2.45, 2.75) is 45.8 Å². The molecule has 0 radical (unpaired) electrons. The van der Waals surface area contributed by atoms with Crippen LogP contribution in [-0.4, -0.2) is 81.5 Å². The van der Waals surface area contributed by atoms with Crippen LogP contribution < -0.4 is 5.32 Å². The maximum absolute atomic E-state index is 13.3. The third-order valence-electron chi connectivity index (χ3n) is 7.32. The molecule has 2 aliphatic heterocycles. The molecule has 0 unspecified atom stereocenters. The van der Waals surface area contributed by atoms with E-state index in [-0.39, 0.29) is 19.2 Å². The van der Waals surface area contributed by atoms with E-state index < -0.39 is 22.4 Å². The number of anilines is 1. The van der Waals surface area contributed by atoms with Crippen molar-refractivity contribution in [3.05, 3.63) is 69.3 Å². The Balaban J connectivity index is 0.00000441. The summed E-state index contributed by atoms with van der Waals surface area (Å²) in [6, 6.07) is 11.3. The van der Waals surface area contributed by atoms with Crippen LogP contribution in [0, 0.1) is 17.0 Å². The minimum atomic E-state index is -4.80. The van der Waals surface area contributed by atoms with Gasteiger partial charge >= 0.3 is 6.18 Å². The molecule has 0 spiro atoms. The van der Waals surface area contributed by atoms with E-state index in [0.29, 0.717) is 25.9 Å². The van der Waals surface area contributed by atoms with Crippen LogP contribution in [0.4, 0.5) is 24.5 Å². The summed E-state index contributed by atoms with van der Waals surface area (Å²) >= 11 is 11.4. The molecule has 0 aliphatic carbocycles. The fourth-order valence-electron chi connectivity index (χ4n) is 4.99. The number of nitrogens with one attached hydrogen (secondary N) is 1. The summed E-state index contributed by atoms with van der Waals surface area (Å²) in [7, 11) is 0. The number of alkyl halides is 3. The van der Waals surface area contributed by atoms with Crippen LogP contribution in [0.2, 0.25) is 0 Å². The summed E-state index contributed by atoms with van der Waals surface area (Å²) in [6.07, 6.45) is -2.58. The number of likely N-dealkylation sites (tertiary alicyclic amines) is 1. The van der Waals surface area contributed by atoms with Gasteiger partial charge in [0.1, 0.15) is 10.6 Å². The Morgan fingerprint density at radius 3 is 2.20 bits per heavy atom. The van der Waals surface area contributed by atoms with Crippen molar-refractivity contribution >= 4 is 45.8 Å². The van der Waals surface area contributed by atoms with E-state index in [0.717, 1.165) is 66.8 Å². The summed E-state index contributed by atoms with van der Waals surface area (Å²) in [5.41, 5.74) is 0.344. The Hall–Kier alpha value is -2.83. The van der Waals surface area contributed by atoms with Gasteiger partial charge in [0.25, 0.3) is 5.69 Å². The minimum Gasteiger partial charge on any atom is -0.382 e. The quantitative estimate of drug-likeness (QED) is 0.233. The molecule has 2 aliphatic rings. The molecule has 2 aromatic rings. The molecular weight excluding hydrogens is 559 g/mol. The first-order valence-corrected chi connectivity index (χ1v) is 13.8. The van der Waals surface area contributed by atoms with Crippen LogP contribution >= 0.6 is 24.4 Å². The van der Waals surface area contributed by atoms with E-state index in [1.54, 1.807) is 0 Å². The lowest BCUT2D eigenvalue weighted by Gasteiger charge is -2.38. The predicted molar refractivity (Wildman–Crippen MR) is 161 cm³/mol. The third kappa shape index (κ3) is 8.11. The summed E-state index contributed by atoms with van der Waals surface area (Å²) in [6.45, 7) is 8.00. The number of piperidine rings is 1. The van der Waals surface area contributed by atoms with Crippen LogP contribution in [0.5, 0.6) is 0 Å². The number of nitro groups is 1. The fourth-order valence-corrected chi connectivity index (χ4v) is 5.58. The second-order valence-corrected chi connectivity index (χ2v) is 10.9. The van der Waals surface area contributed by atoms with Crippen molar-refractivity contribution in [3.63, 3.8) is 0 Å². The molecule has 7 nitrogen and oxygen atoms in total. The van der Waals surface area contributed by atoms with Crippen LogP contribution in [0.3, 0.4) is 0 Å². The van der Waals surface area contributed by atoms with Gasteiger partial charge < -0.3 is 15.1 Å². The molecule has 2 aromatic carbocycles. The zero-order valence-electron chi connectivity index (χ0n) is 21.7. The van der Waals surface area contributed by atoms with Crippen molar-refractivity contribution < 1.29 is 18.1 Å². The van der Waals surface area contributed by atoms with Gasteiger partial charge in [0.15, 0.2) is 0 Å². The van der Waals surface area contributed by atoms with Gasteiger partial charge in [-0.25, -0.2) is 0 Å². The zero-order chi connectivity index (χ0) is 28.2. The topological polar surface area (TPSA) is 64.9 Å². The molecule has 0 amide bonds. The summed E-state index contributed by atoms with van der Waals surface area (Å²) in [5.74, 6) is 0. The predicted octanol–water partition coefficient (Wildman–Crippen LogP) is 6.15. The third-order valence-corrected chi connectivity index (χ3v) is 8.27. The van der Waals surface area contributed by atoms with Gasteiger partial charge in [-0.15, -0.1) is 0 Å².